The Hall–Kier alpha value is -3.95. The molecule has 0 amide bonds. The number of nitrogen functional groups attached to an aromatic ring is 1. The van der Waals surface area contributed by atoms with Gasteiger partial charge in [0.15, 0.2) is 0 Å². The molecule has 0 saturated carbocycles. The molecule has 0 bridgehead atoms. The number of pyridine rings is 1. The third kappa shape index (κ3) is 2.79. The number of nitrogens with one attached hydrogen (secondary N) is 1. The number of aryl methyl sites for hydroxylation is 1. The lowest BCUT2D eigenvalue weighted by molar-refractivity contribution is 0.0695. The molecule has 0 aliphatic rings. The van der Waals surface area contributed by atoms with Crippen molar-refractivity contribution in [3.8, 4) is 22.5 Å². The fraction of sp³-hybridized carbons (Fsp3) is 0.0625. The number of aromatic carboxylic acids is 2. The highest BCUT2D eigenvalue weighted by atomic mass is 16.5. The molecule has 0 spiro atoms. The lowest BCUT2D eigenvalue weighted by atomic mass is 9.94. The van der Waals surface area contributed by atoms with E-state index in [9.17, 15) is 24.6 Å². The molecule has 132 valence electrons. The van der Waals surface area contributed by atoms with Gasteiger partial charge in [0.25, 0.3) is 5.56 Å². The Kier molecular flexibility index (Phi) is 4.01. The zero-order valence-electron chi connectivity index (χ0n) is 13.3. The number of hydrogen-bond donors (Lipinski definition) is 4. The molecule has 0 aliphatic heterocycles. The minimum atomic E-state index is -1.57. The molecule has 0 aliphatic carbocycles. The van der Waals surface area contributed by atoms with E-state index >= 15 is 0 Å². The molecule has 10 nitrogen and oxygen atoms in total. The number of rotatable bonds is 4. The van der Waals surface area contributed by atoms with Crippen LogP contribution in [0, 0.1) is 6.92 Å². The zero-order valence-corrected chi connectivity index (χ0v) is 13.3. The van der Waals surface area contributed by atoms with E-state index < -0.39 is 34.4 Å². The Morgan fingerprint density at radius 3 is 2.15 bits per heavy atom. The van der Waals surface area contributed by atoms with Crippen LogP contribution in [0.2, 0.25) is 0 Å². The minimum Gasteiger partial charge on any atom is -0.478 e. The molecule has 3 aromatic rings. The molecule has 2 heterocycles. The molecule has 0 atom stereocenters. The monoisotopic (exact) mass is 356 g/mol. The van der Waals surface area contributed by atoms with Crippen molar-refractivity contribution in [1.29, 1.82) is 0 Å². The van der Waals surface area contributed by atoms with Gasteiger partial charge in [-0.25, -0.2) is 9.59 Å². The average Bonchev–Trinajstić information content (AvgIpc) is 3.00. The van der Waals surface area contributed by atoms with E-state index in [2.05, 4.69) is 10.1 Å². The number of carboxylic acid groups (broad SMARTS) is 2. The van der Waals surface area contributed by atoms with E-state index in [0.717, 1.165) is 0 Å². The second-order valence-corrected chi connectivity index (χ2v) is 5.32. The average molecular weight is 356 g/mol. The first-order chi connectivity index (χ1) is 12.3. The van der Waals surface area contributed by atoms with E-state index in [1.807, 2.05) is 4.98 Å². The fourth-order valence-electron chi connectivity index (χ4n) is 2.54. The summed E-state index contributed by atoms with van der Waals surface area (Å²) in [6.07, 6.45) is 0. The van der Waals surface area contributed by atoms with Crippen molar-refractivity contribution < 1.29 is 24.3 Å². The molecule has 26 heavy (non-hydrogen) atoms. The first kappa shape index (κ1) is 16.9. The van der Waals surface area contributed by atoms with Gasteiger partial charge < -0.3 is 25.5 Å². The van der Waals surface area contributed by atoms with E-state index in [1.165, 1.54) is 12.1 Å². The van der Waals surface area contributed by atoms with Gasteiger partial charge in [-0.15, -0.1) is 0 Å². The molecule has 0 saturated heterocycles. The van der Waals surface area contributed by atoms with E-state index in [1.54, 1.807) is 19.1 Å². The second kappa shape index (κ2) is 6.16. The number of anilines is 1. The molecule has 2 aromatic heterocycles. The molecule has 1 aromatic carbocycles. The van der Waals surface area contributed by atoms with Crippen molar-refractivity contribution in [2.24, 2.45) is 0 Å². The Bertz CT molecular complexity index is 1080. The first-order valence-corrected chi connectivity index (χ1v) is 7.23. The maximum Gasteiger partial charge on any atom is 0.342 e. The highest BCUT2D eigenvalue weighted by Gasteiger charge is 2.26. The van der Waals surface area contributed by atoms with Gasteiger partial charge >= 0.3 is 11.9 Å². The molecular weight excluding hydrogens is 344 g/mol. The summed E-state index contributed by atoms with van der Waals surface area (Å²) in [5.41, 5.74) is 3.88. The van der Waals surface area contributed by atoms with Crippen LogP contribution in [0.25, 0.3) is 22.5 Å². The van der Waals surface area contributed by atoms with Crippen LogP contribution < -0.4 is 11.3 Å². The molecule has 0 unspecified atom stereocenters. The van der Waals surface area contributed by atoms with Crippen molar-refractivity contribution in [2.45, 2.75) is 6.92 Å². The second-order valence-electron chi connectivity index (χ2n) is 5.32. The lowest BCUT2D eigenvalue weighted by Crippen LogP contribution is -2.24. The van der Waals surface area contributed by atoms with Gasteiger partial charge in [0.05, 0.1) is 0 Å². The third-order valence-electron chi connectivity index (χ3n) is 3.63. The maximum atomic E-state index is 12.0. The number of benzene rings is 1. The zero-order chi connectivity index (χ0) is 19.0. The van der Waals surface area contributed by atoms with Crippen molar-refractivity contribution in [2.75, 3.05) is 5.73 Å². The predicted octanol–water partition coefficient (Wildman–Crippen LogP) is 1.38. The highest BCUT2D eigenvalue weighted by Crippen LogP contribution is 2.30. The number of aromatic amines is 1. The molecular formula is C16H12N4O6. The van der Waals surface area contributed by atoms with Crippen LogP contribution in [0.15, 0.2) is 33.6 Å². The van der Waals surface area contributed by atoms with Crippen molar-refractivity contribution >= 4 is 17.8 Å². The topological polar surface area (TPSA) is 172 Å². The Labute approximate surface area is 144 Å². The van der Waals surface area contributed by atoms with Crippen LogP contribution in [0.3, 0.4) is 0 Å². The number of nitrogens with zero attached hydrogens (tertiary/aromatic N) is 2. The third-order valence-corrected chi connectivity index (χ3v) is 3.63. The van der Waals surface area contributed by atoms with E-state index in [-0.39, 0.29) is 11.1 Å². The normalized spacial score (nSPS) is 10.7. The van der Waals surface area contributed by atoms with Crippen LogP contribution in [0.4, 0.5) is 5.82 Å². The molecule has 0 radical (unpaired) electrons. The van der Waals surface area contributed by atoms with Gasteiger partial charge in [0.1, 0.15) is 16.9 Å². The molecule has 10 heteroatoms. The molecule has 3 rings (SSSR count). The molecule has 0 fully saturated rings. The van der Waals surface area contributed by atoms with Gasteiger partial charge in [0.2, 0.25) is 11.7 Å². The summed E-state index contributed by atoms with van der Waals surface area (Å²) >= 11 is 0. The maximum absolute atomic E-state index is 12.0. The number of H-pyrrole nitrogens is 1. The van der Waals surface area contributed by atoms with Crippen LogP contribution in [0.5, 0.6) is 0 Å². The van der Waals surface area contributed by atoms with Crippen LogP contribution >= 0.6 is 0 Å². The number of carboxylic acids is 2. The van der Waals surface area contributed by atoms with E-state index in [0.29, 0.717) is 17.3 Å². The number of carbonyl (C=O) groups is 2. The number of aromatic nitrogens is 3. The van der Waals surface area contributed by atoms with Gasteiger partial charge in [0, 0.05) is 18.1 Å². The predicted molar refractivity (Wildman–Crippen MR) is 88.9 cm³/mol. The van der Waals surface area contributed by atoms with Gasteiger partial charge in [-0.2, -0.15) is 4.98 Å². The first-order valence-electron chi connectivity index (χ1n) is 7.23. The number of hydrogen-bond acceptors (Lipinski definition) is 7. The largest absolute Gasteiger partial charge is 0.478 e. The van der Waals surface area contributed by atoms with Crippen molar-refractivity contribution in [1.82, 2.24) is 15.1 Å². The van der Waals surface area contributed by atoms with Crippen LogP contribution in [0.1, 0.15) is 26.6 Å². The Balaban J connectivity index is 2.24. The number of nitrogens with two attached hydrogens (primary N) is 1. The standard InChI is InChI=1S/C16H12N4O6/c1-6-18-13(20-26-6)8-4-2-7(3-5-8)9-10(15(22)23)12(17)19-14(21)11(9)16(24)25/h2-5H,1H3,(H,22,23)(H,24,25)(H3,17,19,21). The van der Waals surface area contributed by atoms with Crippen molar-refractivity contribution in [3.63, 3.8) is 0 Å². The summed E-state index contributed by atoms with van der Waals surface area (Å²) in [4.78, 5) is 41.2. The Morgan fingerprint density at radius 2 is 1.65 bits per heavy atom. The van der Waals surface area contributed by atoms with Gasteiger partial charge in [-0.1, -0.05) is 29.4 Å². The van der Waals surface area contributed by atoms with Crippen LogP contribution in [-0.2, 0) is 0 Å². The summed E-state index contributed by atoms with van der Waals surface area (Å²) < 4.78 is 4.89. The smallest absolute Gasteiger partial charge is 0.342 e. The quantitative estimate of drug-likeness (QED) is 0.538. The summed E-state index contributed by atoms with van der Waals surface area (Å²) in [5.74, 6) is -2.78. The summed E-state index contributed by atoms with van der Waals surface area (Å²) in [6.45, 7) is 1.63. The summed E-state index contributed by atoms with van der Waals surface area (Å²) in [5, 5.41) is 22.5. The van der Waals surface area contributed by atoms with Crippen LogP contribution in [-0.4, -0.2) is 37.3 Å². The van der Waals surface area contributed by atoms with Crippen molar-refractivity contribution in [3.05, 3.63) is 51.6 Å². The molecule has 5 N–H and O–H groups in total. The fourth-order valence-corrected chi connectivity index (χ4v) is 2.54. The van der Waals surface area contributed by atoms with Gasteiger partial charge in [-0.3, -0.25) is 4.79 Å². The SMILES string of the molecule is Cc1nc(-c2ccc(-c3c(C(=O)O)c(N)[nH]c(=O)c3C(=O)O)cc2)no1. The minimum absolute atomic E-state index is 0.196. The summed E-state index contributed by atoms with van der Waals surface area (Å²) in [7, 11) is 0. The Morgan fingerprint density at radius 1 is 1.08 bits per heavy atom. The van der Waals surface area contributed by atoms with E-state index in [4.69, 9.17) is 10.3 Å². The van der Waals surface area contributed by atoms with Gasteiger partial charge in [-0.05, 0) is 5.56 Å². The lowest BCUT2D eigenvalue weighted by Gasteiger charge is -2.12. The highest BCUT2D eigenvalue weighted by molar-refractivity contribution is 6.07. The summed E-state index contributed by atoms with van der Waals surface area (Å²) in [6, 6.07) is 6.00.